The standard InChI is InChI=1S/C18H19N3O3S2/c1-21-11-2-3-17(21)20-26(23,24)16-7-5-15(6-8-16)19-18(22)9-4-14-10-12-25-13-14/h4-10,12-13H,2-3,11H2,1H3,(H,19,22)/b9-4+,20-17+. The first-order valence-electron chi connectivity index (χ1n) is 8.10. The van der Waals surface area contributed by atoms with Crippen molar-refractivity contribution < 1.29 is 13.2 Å². The quantitative estimate of drug-likeness (QED) is 0.797. The molecule has 0 unspecified atom stereocenters. The summed E-state index contributed by atoms with van der Waals surface area (Å²) in [4.78, 5) is 13.9. The lowest BCUT2D eigenvalue weighted by molar-refractivity contribution is -0.111. The van der Waals surface area contributed by atoms with Crippen LogP contribution in [0.3, 0.4) is 0 Å². The van der Waals surface area contributed by atoms with Crippen molar-refractivity contribution in [2.24, 2.45) is 4.40 Å². The van der Waals surface area contributed by atoms with Crippen LogP contribution in [0.25, 0.3) is 6.08 Å². The van der Waals surface area contributed by atoms with Gasteiger partial charge >= 0.3 is 0 Å². The van der Waals surface area contributed by atoms with E-state index in [9.17, 15) is 13.2 Å². The Balaban J connectivity index is 1.67. The minimum absolute atomic E-state index is 0.108. The lowest BCUT2D eigenvalue weighted by Gasteiger charge is -2.11. The van der Waals surface area contributed by atoms with Gasteiger partial charge in [-0.25, -0.2) is 0 Å². The number of rotatable bonds is 5. The van der Waals surface area contributed by atoms with Crippen LogP contribution in [-0.2, 0) is 14.8 Å². The van der Waals surface area contributed by atoms with E-state index in [1.54, 1.807) is 29.5 Å². The Bertz CT molecular complexity index is 931. The molecule has 8 heteroatoms. The van der Waals surface area contributed by atoms with Crippen molar-refractivity contribution in [3.05, 3.63) is 52.7 Å². The Morgan fingerprint density at radius 1 is 1.27 bits per heavy atom. The van der Waals surface area contributed by atoms with Crippen LogP contribution in [0.1, 0.15) is 18.4 Å². The van der Waals surface area contributed by atoms with Crippen molar-refractivity contribution in [3.8, 4) is 0 Å². The molecule has 1 aromatic heterocycles. The average molecular weight is 390 g/mol. The average Bonchev–Trinajstić information content (AvgIpc) is 3.26. The molecule has 1 aromatic carbocycles. The number of amidine groups is 1. The van der Waals surface area contributed by atoms with E-state index in [0.29, 0.717) is 17.9 Å². The second-order valence-corrected chi connectivity index (χ2v) is 8.30. The fourth-order valence-corrected chi connectivity index (χ4v) is 4.26. The van der Waals surface area contributed by atoms with E-state index >= 15 is 0 Å². The van der Waals surface area contributed by atoms with Gasteiger partial charge in [0.25, 0.3) is 10.0 Å². The number of likely N-dealkylation sites (tertiary alicyclic amines) is 1. The number of nitrogens with zero attached hydrogens (tertiary/aromatic N) is 2. The highest BCUT2D eigenvalue weighted by Crippen LogP contribution is 2.19. The highest BCUT2D eigenvalue weighted by atomic mass is 32.2. The number of hydrogen-bond acceptors (Lipinski definition) is 4. The number of carbonyl (C=O) groups excluding carboxylic acids is 1. The number of benzene rings is 1. The topological polar surface area (TPSA) is 78.8 Å². The number of carbonyl (C=O) groups is 1. The van der Waals surface area contributed by atoms with Crippen LogP contribution in [0.4, 0.5) is 5.69 Å². The maximum atomic E-state index is 12.4. The zero-order chi connectivity index (χ0) is 18.6. The first-order valence-corrected chi connectivity index (χ1v) is 10.5. The largest absolute Gasteiger partial charge is 0.362 e. The summed E-state index contributed by atoms with van der Waals surface area (Å²) in [6.07, 6.45) is 4.74. The second kappa shape index (κ2) is 7.84. The molecule has 1 N–H and O–H groups in total. The van der Waals surface area contributed by atoms with Gasteiger partial charge < -0.3 is 10.2 Å². The zero-order valence-electron chi connectivity index (χ0n) is 14.3. The van der Waals surface area contributed by atoms with Gasteiger partial charge in [0, 0.05) is 31.8 Å². The predicted molar refractivity (Wildman–Crippen MR) is 105 cm³/mol. The molecular formula is C18H19N3O3S2. The van der Waals surface area contributed by atoms with E-state index in [2.05, 4.69) is 9.71 Å². The number of thiophene rings is 1. The van der Waals surface area contributed by atoms with Gasteiger partial charge in [-0.05, 0) is 59.2 Å². The maximum absolute atomic E-state index is 12.4. The molecule has 1 aliphatic heterocycles. The maximum Gasteiger partial charge on any atom is 0.283 e. The highest BCUT2D eigenvalue weighted by Gasteiger charge is 2.20. The van der Waals surface area contributed by atoms with E-state index in [1.807, 2.05) is 28.8 Å². The smallest absolute Gasteiger partial charge is 0.283 e. The van der Waals surface area contributed by atoms with E-state index < -0.39 is 10.0 Å². The number of anilines is 1. The van der Waals surface area contributed by atoms with Crippen LogP contribution in [0.2, 0.25) is 0 Å². The molecule has 0 atom stereocenters. The molecule has 1 aliphatic rings. The number of nitrogens with one attached hydrogen (secondary N) is 1. The molecule has 1 fully saturated rings. The molecular weight excluding hydrogens is 370 g/mol. The second-order valence-electron chi connectivity index (χ2n) is 5.91. The molecule has 3 rings (SSSR count). The summed E-state index contributed by atoms with van der Waals surface area (Å²) in [6.45, 7) is 0.818. The Morgan fingerprint density at radius 2 is 2.04 bits per heavy atom. The lowest BCUT2D eigenvalue weighted by atomic mass is 10.3. The summed E-state index contributed by atoms with van der Waals surface area (Å²) in [5.41, 5.74) is 1.48. The van der Waals surface area contributed by atoms with Crippen LogP contribution in [0.5, 0.6) is 0 Å². The summed E-state index contributed by atoms with van der Waals surface area (Å²) < 4.78 is 28.7. The van der Waals surface area contributed by atoms with E-state index in [0.717, 1.165) is 18.5 Å². The Hall–Kier alpha value is -2.45. The molecule has 136 valence electrons. The van der Waals surface area contributed by atoms with Crippen LogP contribution in [0.15, 0.2) is 56.5 Å². The number of hydrogen-bond donors (Lipinski definition) is 1. The number of sulfonamides is 1. The molecule has 0 bridgehead atoms. The Labute approximate surface area is 156 Å². The van der Waals surface area contributed by atoms with Gasteiger partial charge in [0.15, 0.2) is 0 Å². The summed E-state index contributed by atoms with van der Waals surface area (Å²) in [6, 6.07) is 7.93. The van der Waals surface area contributed by atoms with Gasteiger partial charge in [0.05, 0.1) is 4.90 Å². The van der Waals surface area contributed by atoms with Gasteiger partial charge in [-0.15, -0.1) is 4.40 Å². The molecule has 1 amide bonds. The molecule has 6 nitrogen and oxygen atoms in total. The summed E-state index contributed by atoms with van der Waals surface area (Å²) in [7, 11) is -1.90. The van der Waals surface area contributed by atoms with Gasteiger partial charge in [-0.2, -0.15) is 19.8 Å². The predicted octanol–water partition coefficient (Wildman–Crippen LogP) is 3.21. The van der Waals surface area contributed by atoms with Gasteiger partial charge in [0.2, 0.25) is 5.91 Å². The molecule has 2 aromatic rings. The van der Waals surface area contributed by atoms with E-state index in [-0.39, 0.29) is 10.8 Å². The first kappa shape index (κ1) is 18.3. The van der Waals surface area contributed by atoms with E-state index in [4.69, 9.17) is 0 Å². The molecule has 0 spiro atoms. The lowest BCUT2D eigenvalue weighted by Crippen LogP contribution is -2.20. The SMILES string of the molecule is CN1CCC/C1=N\S(=O)(=O)c1ccc(NC(=O)/C=C/c2ccsc2)cc1. The van der Waals surface area contributed by atoms with Crippen molar-refractivity contribution in [1.82, 2.24) is 4.90 Å². The van der Waals surface area contributed by atoms with Crippen molar-refractivity contribution in [3.63, 3.8) is 0 Å². The van der Waals surface area contributed by atoms with E-state index in [1.165, 1.54) is 18.2 Å². The molecule has 2 heterocycles. The molecule has 1 saturated heterocycles. The van der Waals surface area contributed by atoms with Crippen LogP contribution >= 0.6 is 11.3 Å². The minimum atomic E-state index is -3.74. The fraction of sp³-hybridized carbons (Fsp3) is 0.222. The fourth-order valence-electron chi connectivity index (χ4n) is 2.54. The summed E-state index contributed by atoms with van der Waals surface area (Å²) in [5.74, 6) is 0.306. The third kappa shape index (κ3) is 4.59. The van der Waals surface area contributed by atoms with Gasteiger partial charge in [-0.1, -0.05) is 0 Å². The van der Waals surface area contributed by atoms with Gasteiger partial charge in [-0.3, -0.25) is 4.79 Å². The van der Waals surface area contributed by atoms with Crippen LogP contribution in [-0.4, -0.2) is 38.7 Å². The van der Waals surface area contributed by atoms with Crippen LogP contribution < -0.4 is 5.32 Å². The Morgan fingerprint density at radius 3 is 2.65 bits per heavy atom. The first-order chi connectivity index (χ1) is 12.4. The monoisotopic (exact) mass is 389 g/mol. The van der Waals surface area contributed by atoms with Crippen molar-refractivity contribution >= 4 is 44.9 Å². The van der Waals surface area contributed by atoms with Gasteiger partial charge in [0.1, 0.15) is 5.84 Å². The summed E-state index contributed by atoms with van der Waals surface area (Å²) >= 11 is 1.56. The molecule has 0 radical (unpaired) electrons. The third-order valence-corrected chi connectivity index (χ3v) is 5.97. The number of amides is 1. The molecule has 26 heavy (non-hydrogen) atoms. The Kier molecular flexibility index (Phi) is 5.53. The normalized spacial score (nSPS) is 16.5. The minimum Gasteiger partial charge on any atom is -0.362 e. The zero-order valence-corrected chi connectivity index (χ0v) is 15.9. The van der Waals surface area contributed by atoms with Crippen LogP contribution in [0, 0.1) is 0 Å². The van der Waals surface area contributed by atoms with Crippen molar-refractivity contribution in [2.75, 3.05) is 18.9 Å². The summed E-state index contributed by atoms with van der Waals surface area (Å²) in [5, 5.41) is 6.57. The third-order valence-electron chi connectivity index (χ3n) is 3.95. The molecule has 0 saturated carbocycles. The highest BCUT2D eigenvalue weighted by molar-refractivity contribution is 7.90. The molecule has 0 aliphatic carbocycles. The van der Waals surface area contributed by atoms with Crippen molar-refractivity contribution in [1.29, 1.82) is 0 Å². The van der Waals surface area contributed by atoms with Crippen molar-refractivity contribution in [2.45, 2.75) is 17.7 Å².